The van der Waals surface area contributed by atoms with Crippen LogP contribution in [0.15, 0.2) is 99.3 Å². The van der Waals surface area contributed by atoms with Gasteiger partial charge in [-0.3, -0.25) is 38.4 Å². The lowest BCUT2D eigenvalue weighted by atomic mass is 9.82. The van der Waals surface area contributed by atoms with Crippen molar-refractivity contribution >= 4 is 24.4 Å². The highest BCUT2D eigenvalue weighted by atomic mass is 32.1. The van der Waals surface area contributed by atoms with Crippen LogP contribution in [0.3, 0.4) is 0 Å². The molecule has 1 saturated heterocycles. The van der Waals surface area contributed by atoms with Gasteiger partial charge in [0.05, 0.1) is 49.7 Å². The van der Waals surface area contributed by atoms with Crippen LogP contribution < -0.4 is 30.9 Å². The Morgan fingerprint density at radius 3 is 1.84 bits per heavy atom. The number of hydrogen-bond donors (Lipinski definition) is 4. The summed E-state index contributed by atoms with van der Waals surface area (Å²) in [6, 6.07) is 24.3. The molecule has 4 N–H and O–H groups in total. The summed E-state index contributed by atoms with van der Waals surface area (Å²) in [7, 11) is 4.49. The predicted octanol–water partition coefficient (Wildman–Crippen LogP) is 5.50. The minimum atomic E-state index is -1.41. The highest BCUT2D eigenvalue weighted by Gasteiger charge is 2.36. The van der Waals surface area contributed by atoms with Crippen molar-refractivity contribution in [2.24, 2.45) is 5.92 Å². The second kappa shape index (κ2) is 15.6. The van der Waals surface area contributed by atoms with Crippen LogP contribution in [0, 0.1) is 15.5 Å². The summed E-state index contributed by atoms with van der Waals surface area (Å²) < 4.78 is 21.1. The van der Waals surface area contributed by atoms with Crippen molar-refractivity contribution in [2.75, 3.05) is 34.4 Å². The monoisotopic (exact) mass is 820 g/mol. The van der Waals surface area contributed by atoms with E-state index in [9.17, 15) is 24.6 Å². The van der Waals surface area contributed by atoms with E-state index in [0.29, 0.717) is 53.8 Å². The van der Waals surface area contributed by atoms with Crippen molar-refractivity contribution in [3.8, 4) is 40.4 Å². The average molecular weight is 821 g/mol. The minimum absolute atomic E-state index is 0.00440. The highest BCUT2D eigenvalue weighted by Crippen LogP contribution is 2.42. The topological polar surface area (TPSA) is 169 Å². The number of ether oxygens (including phenoxy) is 3. The Balaban J connectivity index is 1.34. The third-order valence-electron chi connectivity index (χ3n) is 11.1. The first kappa shape index (κ1) is 38.6. The summed E-state index contributed by atoms with van der Waals surface area (Å²) in [5, 5.41) is 24.5. The number of methoxy groups -OCH3 is 3. The lowest BCUT2D eigenvalue weighted by Crippen LogP contribution is -2.46. The first-order valence-corrected chi connectivity index (χ1v) is 19.4. The van der Waals surface area contributed by atoms with Gasteiger partial charge in [-0.1, -0.05) is 36.4 Å². The molecule has 1 fully saturated rings. The number of piperidine rings is 1. The third-order valence-corrected chi connectivity index (χ3v) is 11.6. The second-order valence-corrected chi connectivity index (χ2v) is 15.2. The smallest absolute Gasteiger partial charge is 0.259 e. The molecule has 2 atom stereocenters. The summed E-state index contributed by atoms with van der Waals surface area (Å²) in [6.07, 6.45) is 0.972. The van der Waals surface area contributed by atoms with E-state index in [1.165, 1.54) is 23.4 Å². The van der Waals surface area contributed by atoms with E-state index in [1.807, 2.05) is 16.7 Å². The van der Waals surface area contributed by atoms with Gasteiger partial charge in [-0.05, 0) is 84.8 Å². The number of pyridine rings is 1. The molecule has 0 spiro atoms. The number of likely N-dealkylation sites (tertiary alicyclic amines) is 1. The van der Waals surface area contributed by atoms with Crippen LogP contribution in [0.4, 0.5) is 0 Å². The average Bonchev–Trinajstić information content (AvgIpc) is 3.20. The van der Waals surface area contributed by atoms with E-state index >= 15 is 0 Å². The van der Waals surface area contributed by atoms with Gasteiger partial charge in [0.25, 0.3) is 16.7 Å². The van der Waals surface area contributed by atoms with E-state index in [2.05, 4.69) is 14.9 Å². The van der Waals surface area contributed by atoms with Gasteiger partial charge in [-0.15, -0.1) is 0 Å². The molecule has 0 radical (unpaired) electrons. The van der Waals surface area contributed by atoms with Crippen LogP contribution in [0.5, 0.6) is 29.0 Å². The SMILES string of the molecule is COc1ccc(C(c2c(O)n(-c3ccccc3OC)c(=S)[nH]c2=O)c2c(O)n(-c3ccccc3OC)c(=S)[nH]c2=O)cc1CN1CC2C[C@H](C1)Cn1c2cccc1=O. The fourth-order valence-electron chi connectivity index (χ4n) is 8.62. The molecule has 0 aliphatic carbocycles. The van der Waals surface area contributed by atoms with Crippen LogP contribution in [-0.4, -0.2) is 73.2 Å². The second-order valence-electron chi connectivity index (χ2n) is 14.4. The van der Waals surface area contributed by atoms with Gasteiger partial charge in [-0.2, -0.15) is 0 Å². The van der Waals surface area contributed by atoms with E-state index in [1.54, 1.807) is 79.9 Å². The molecule has 3 aromatic heterocycles. The van der Waals surface area contributed by atoms with Crippen molar-refractivity contribution in [1.29, 1.82) is 0 Å². The van der Waals surface area contributed by atoms with Gasteiger partial charge in [0.15, 0.2) is 9.54 Å². The maximum atomic E-state index is 14.3. The summed E-state index contributed by atoms with van der Waals surface area (Å²) >= 11 is 11.2. The Morgan fingerprint density at radius 2 is 1.28 bits per heavy atom. The predicted molar refractivity (Wildman–Crippen MR) is 222 cm³/mol. The molecule has 14 nitrogen and oxygen atoms in total. The van der Waals surface area contributed by atoms with Gasteiger partial charge >= 0.3 is 0 Å². The van der Waals surface area contributed by atoms with Gasteiger partial charge in [-0.25, -0.2) is 0 Å². The molecule has 2 aliphatic rings. The molecule has 58 heavy (non-hydrogen) atoms. The molecule has 3 aromatic carbocycles. The maximum Gasteiger partial charge on any atom is 0.259 e. The Kier molecular flexibility index (Phi) is 10.4. The van der Waals surface area contributed by atoms with Crippen molar-refractivity contribution in [3.63, 3.8) is 0 Å². The number of aromatic amines is 2. The van der Waals surface area contributed by atoms with E-state index < -0.39 is 28.8 Å². The maximum absolute atomic E-state index is 14.3. The van der Waals surface area contributed by atoms with Crippen LogP contribution in [0.2, 0.25) is 0 Å². The molecule has 298 valence electrons. The minimum Gasteiger partial charge on any atom is -0.496 e. The number of rotatable bonds is 10. The van der Waals surface area contributed by atoms with E-state index in [4.69, 9.17) is 38.6 Å². The molecule has 6 aromatic rings. The third kappa shape index (κ3) is 6.72. The fourth-order valence-corrected chi connectivity index (χ4v) is 9.17. The van der Waals surface area contributed by atoms with E-state index in [-0.39, 0.29) is 38.1 Å². The molecule has 2 aliphatic heterocycles. The molecule has 1 unspecified atom stereocenters. The molecule has 16 heteroatoms. The van der Waals surface area contributed by atoms with Gasteiger partial charge in [0.1, 0.15) is 17.2 Å². The Hall–Kier alpha value is -6.23. The van der Waals surface area contributed by atoms with Crippen molar-refractivity contribution in [2.45, 2.75) is 31.3 Å². The van der Waals surface area contributed by atoms with Crippen molar-refractivity contribution < 1.29 is 24.4 Å². The molecule has 5 heterocycles. The lowest BCUT2D eigenvalue weighted by Gasteiger charge is -2.43. The summed E-state index contributed by atoms with van der Waals surface area (Å²) in [4.78, 5) is 48.9. The van der Waals surface area contributed by atoms with Crippen LogP contribution in [0.1, 0.15) is 46.2 Å². The molecular weight excluding hydrogens is 781 g/mol. The molecule has 2 bridgehead atoms. The number of nitrogens with zero attached hydrogens (tertiary/aromatic N) is 4. The van der Waals surface area contributed by atoms with Crippen molar-refractivity contribution in [1.82, 2.24) is 28.6 Å². The normalized spacial score (nSPS) is 16.2. The summed E-state index contributed by atoms with van der Waals surface area (Å²) in [5.41, 5.74) is 0.618. The standard InChI is InChI=1S/C42H40N6O8S2/c1-54-30-16-15-24(18-26(30)22-45-19-23-17-25(21-45)27-11-8-14-33(49)46(27)20-23)34(35-37(50)43-41(57)47(39(35)52)28-9-4-6-12-31(28)55-2)36-38(51)44-42(58)48(40(36)53)29-10-5-7-13-32(29)56-3/h4-16,18,23,25,34,52-53H,17,19-22H2,1-3H3,(H,43,50,57)(H,44,51,58)/t23-,25?/m1/s1. The van der Waals surface area contributed by atoms with Crippen molar-refractivity contribution in [3.05, 3.63) is 153 Å². The van der Waals surface area contributed by atoms with Crippen LogP contribution in [-0.2, 0) is 13.1 Å². The van der Waals surface area contributed by atoms with Gasteiger partial charge in [0, 0.05) is 49.4 Å². The number of aromatic hydroxyl groups is 2. The number of nitrogens with one attached hydrogen (secondary N) is 2. The number of benzene rings is 3. The fraction of sp³-hybridized carbons (Fsp3) is 0.262. The highest BCUT2D eigenvalue weighted by molar-refractivity contribution is 7.71. The lowest BCUT2D eigenvalue weighted by molar-refractivity contribution is 0.113. The first-order valence-electron chi connectivity index (χ1n) is 18.5. The Labute approximate surface area is 341 Å². The number of fused-ring (bicyclic) bond motifs is 4. The zero-order valence-electron chi connectivity index (χ0n) is 31.8. The molecular formula is C42H40N6O8S2. The van der Waals surface area contributed by atoms with Crippen LogP contribution in [0.25, 0.3) is 11.4 Å². The zero-order valence-corrected chi connectivity index (χ0v) is 33.4. The molecule has 0 amide bonds. The quantitative estimate of drug-likeness (QED) is 0.129. The summed E-state index contributed by atoms with van der Waals surface area (Å²) in [6.45, 7) is 2.47. The van der Waals surface area contributed by atoms with Gasteiger partial charge < -0.3 is 29.0 Å². The molecule has 0 saturated carbocycles. The largest absolute Gasteiger partial charge is 0.496 e. The first-order chi connectivity index (χ1) is 28.0. The number of H-pyrrole nitrogens is 2. The Bertz CT molecular complexity index is 2760. The number of hydrogen-bond acceptors (Lipinski definition) is 11. The van der Waals surface area contributed by atoms with Crippen LogP contribution >= 0.6 is 24.4 Å². The molecule has 8 rings (SSSR count). The summed E-state index contributed by atoms with van der Waals surface area (Å²) in [5.74, 6) is -0.918. The Morgan fingerprint density at radius 1 is 0.707 bits per heavy atom. The van der Waals surface area contributed by atoms with E-state index in [0.717, 1.165) is 24.2 Å². The van der Waals surface area contributed by atoms with Gasteiger partial charge in [0.2, 0.25) is 11.8 Å². The number of para-hydroxylation sites is 4. The number of aromatic nitrogens is 5. The zero-order chi connectivity index (χ0) is 40.8.